The number of aromatic nitrogens is 1. The van der Waals surface area contributed by atoms with Gasteiger partial charge in [-0.2, -0.15) is 0 Å². The Balaban J connectivity index is 1.93. The van der Waals surface area contributed by atoms with Crippen LogP contribution in [0.1, 0.15) is 44.1 Å². The van der Waals surface area contributed by atoms with E-state index in [0.29, 0.717) is 19.0 Å². The van der Waals surface area contributed by atoms with Crippen molar-refractivity contribution in [1.82, 2.24) is 15.2 Å². The number of likely N-dealkylation sites (tertiary alicyclic amines) is 1. The van der Waals surface area contributed by atoms with Gasteiger partial charge in [0.15, 0.2) is 0 Å². The zero-order chi connectivity index (χ0) is 17.5. The summed E-state index contributed by atoms with van der Waals surface area (Å²) >= 11 is 0. The van der Waals surface area contributed by atoms with Crippen LogP contribution in [0.15, 0.2) is 24.5 Å². The van der Waals surface area contributed by atoms with Gasteiger partial charge < -0.3 is 16.0 Å². The van der Waals surface area contributed by atoms with Crippen molar-refractivity contribution in [2.24, 2.45) is 5.73 Å². The van der Waals surface area contributed by atoms with Gasteiger partial charge in [-0.15, -0.1) is 0 Å². The molecule has 0 unspecified atom stereocenters. The SMILES string of the molecule is CC(=O)N[C@@H](CCC(N)=O)C(=O)N1CCC(c2ccncc2)CC1. The lowest BCUT2D eigenvalue weighted by molar-refractivity contribution is -0.137. The molecule has 1 aromatic heterocycles. The van der Waals surface area contributed by atoms with E-state index in [1.165, 1.54) is 12.5 Å². The van der Waals surface area contributed by atoms with Crippen LogP contribution in [0.4, 0.5) is 0 Å². The molecule has 0 aromatic carbocycles. The fourth-order valence-electron chi connectivity index (χ4n) is 3.08. The van der Waals surface area contributed by atoms with E-state index in [-0.39, 0.29) is 24.7 Å². The summed E-state index contributed by atoms with van der Waals surface area (Å²) in [6.07, 6.45) is 5.62. The number of primary amides is 1. The highest BCUT2D eigenvalue weighted by molar-refractivity contribution is 5.87. The van der Waals surface area contributed by atoms with Gasteiger partial charge in [-0.05, 0) is 42.9 Å². The lowest BCUT2D eigenvalue weighted by atomic mass is 9.90. The van der Waals surface area contributed by atoms with Gasteiger partial charge in [-0.3, -0.25) is 19.4 Å². The van der Waals surface area contributed by atoms with Gasteiger partial charge in [-0.25, -0.2) is 0 Å². The third-order valence-corrected chi connectivity index (χ3v) is 4.34. The molecule has 0 aliphatic carbocycles. The quantitative estimate of drug-likeness (QED) is 0.794. The van der Waals surface area contributed by atoms with Crippen molar-refractivity contribution in [3.63, 3.8) is 0 Å². The van der Waals surface area contributed by atoms with Crippen LogP contribution in [0.25, 0.3) is 0 Å². The van der Waals surface area contributed by atoms with E-state index in [4.69, 9.17) is 5.73 Å². The van der Waals surface area contributed by atoms with E-state index in [2.05, 4.69) is 10.3 Å². The number of pyridine rings is 1. The molecule has 1 saturated heterocycles. The largest absolute Gasteiger partial charge is 0.370 e. The molecule has 3 amide bonds. The molecule has 0 saturated carbocycles. The van der Waals surface area contributed by atoms with Gasteiger partial charge in [0.2, 0.25) is 17.7 Å². The third kappa shape index (κ3) is 5.04. The summed E-state index contributed by atoms with van der Waals surface area (Å²) < 4.78 is 0. The summed E-state index contributed by atoms with van der Waals surface area (Å²) in [5, 5.41) is 2.63. The Labute approximate surface area is 141 Å². The summed E-state index contributed by atoms with van der Waals surface area (Å²) in [7, 11) is 0. The summed E-state index contributed by atoms with van der Waals surface area (Å²) in [6.45, 7) is 2.64. The number of carbonyl (C=O) groups is 3. The van der Waals surface area contributed by atoms with Crippen molar-refractivity contribution < 1.29 is 14.4 Å². The topological polar surface area (TPSA) is 105 Å². The summed E-state index contributed by atoms with van der Waals surface area (Å²) in [5.41, 5.74) is 6.39. The molecule has 0 bridgehead atoms. The lowest BCUT2D eigenvalue weighted by Gasteiger charge is -2.34. The molecule has 130 valence electrons. The Hall–Kier alpha value is -2.44. The van der Waals surface area contributed by atoms with Crippen LogP contribution in [0.5, 0.6) is 0 Å². The molecule has 2 rings (SSSR count). The number of nitrogens with zero attached hydrogens (tertiary/aromatic N) is 2. The van der Waals surface area contributed by atoms with Gasteiger partial charge >= 0.3 is 0 Å². The first-order chi connectivity index (χ1) is 11.5. The Morgan fingerprint density at radius 2 is 1.92 bits per heavy atom. The lowest BCUT2D eigenvalue weighted by Crippen LogP contribution is -2.50. The zero-order valence-electron chi connectivity index (χ0n) is 13.9. The van der Waals surface area contributed by atoms with Crippen molar-refractivity contribution >= 4 is 17.7 Å². The number of rotatable bonds is 6. The number of hydrogen-bond acceptors (Lipinski definition) is 4. The van der Waals surface area contributed by atoms with Crippen molar-refractivity contribution in [3.05, 3.63) is 30.1 Å². The second-order valence-corrected chi connectivity index (χ2v) is 6.14. The Morgan fingerprint density at radius 3 is 2.46 bits per heavy atom. The number of hydrogen-bond donors (Lipinski definition) is 2. The van der Waals surface area contributed by atoms with Gasteiger partial charge in [0.25, 0.3) is 0 Å². The van der Waals surface area contributed by atoms with Crippen LogP contribution in [-0.2, 0) is 14.4 Å². The zero-order valence-corrected chi connectivity index (χ0v) is 13.9. The maximum absolute atomic E-state index is 12.6. The van der Waals surface area contributed by atoms with Crippen molar-refractivity contribution in [2.75, 3.05) is 13.1 Å². The fourth-order valence-corrected chi connectivity index (χ4v) is 3.08. The maximum atomic E-state index is 12.6. The molecule has 3 N–H and O–H groups in total. The molecule has 1 aromatic rings. The van der Waals surface area contributed by atoms with Crippen LogP contribution in [0.3, 0.4) is 0 Å². The average Bonchev–Trinajstić information content (AvgIpc) is 2.58. The number of piperidine rings is 1. The van der Waals surface area contributed by atoms with Crippen LogP contribution in [0.2, 0.25) is 0 Å². The molecular formula is C17H24N4O3. The van der Waals surface area contributed by atoms with E-state index in [9.17, 15) is 14.4 Å². The van der Waals surface area contributed by atoms with Crippen LogP contribution in [0, 0.1) is 0 Å². The minimum Gasteiger partial charge on any atom is -0.370 e. The molecule has 1 aliphatic rings. The van der Waals surface area contributed by atoms with Crippen LogP contribution < -0.4 is 11.1 Å². The van der Waals surface area contributed by atoms with E-state index in [0.717, 1.165) is 12.8 Å². The van der Waals surface area contributed by atoms with Gasteiger partial charge in [0.05, 0.1) is 0 Å². The van der Waals surface area contributed by atoms with Gasteiger partial charge in [0.1, 0.15) is 6.04 Å². The van der Waals surface area contributed by atoms with E-state index < -0.39 is 11.9 Å². The first-order valence-corrected chi connectivity index (χ1v) is 8.21. The molecule has 1 fully saturated rings. The fraction of sp³-hybridized carbons (Fsp3) is 0.529. The highest BCUT2D eigenvalue weighted by atomic mass is 16.2. The van der Waals surface area contributed by atoms with Crippen LogP contribution >= 0.6 is 0 Å². The van der Waals surface area contributed by atoms with Crippen molar-refractivity contribution in [1.29, 1.82) is 0 Å². The highest BCUT2D eigenvalue weighted by Crippen LogP contribution is 2.27. The molecule has 1 atom stereocenters. The summed E-state index contributed by atoms with van der Waals surface area (Å²) in [5.74, 6) is -0.486. The third-order valence-electron chi connectivity index (χ3n) is 4.34. The molecule has 2 heterocycles. The maximum Gasteiger partial charge on any atom is 0.245 e. The molecule has 7 heteroatoms. The number of carbonyl (C=O) groups excluding carboxylic acids is 3. The predicted molar refractivity (Wildman–Crippen MR) is 88.8 cm³/mol. The molecule has 0 spiro atoms. The number of nitrogens with one attached hydrogen (secondary N) is 1. The van der Waals surface area contributed by atoms with E-state index in [1.54, 1.807) is 17.3 Å². The predicted octanol–water partition coefficient (Wildman–Crippen LogP) is 0.558. The summed E-state index contributed by atoms with van der Waals surface area (Å²) in [6, 6.07) is 3.33. The number of nitrogens with two attached hydrogens (primary N) is 1. The van der Waals surface area contributed by atoms with Crippen molar-refractivity contribution in [3.8, 4) is 0 Å². The first kappa shape index (κ1) is 17.9. The molecule has 0 radical (unpaired) electrons. The van der Waals surface area contributed by atoms with Gasteiger partial charge in [-0.1, -0.05) is 0 Å². The Kier molecular flexibility index (Phi) is 6.28. The monoisotopic (exact) mass is 332 g/mol. The first-order valence-electron chi connectivity index (χ1n) is 8.21. The molecule has 24 heavy (non-hydrogen) atoms. The molecule has 1 aliphatic heterocycles. The smallest absolute Gasteiger partial charge is 0.245 e. The van der Waals surface area contributed by atoms with Gasteiger partial charge in [0, 0.05) is 38.8 Å². The molecule has 7 nitrogen and oxygen atoms in total. The Morgan fingerprint density at radius 1 is 1.29 bits per heavy atom. The second kappa shape index (κ2) is 8.42. The summed E-state index contributed by atoms with van der Waals surface area (Å²) in [4.78, 5) is 40.7. The molecular weight excluding hydrogens is 308 g/mol. The highest BCUT2D eigenvalue weighted by Gasteiger charge is 2.29. The Bertz CT molecular complexity index is 583. The van der Waals surface area contributed by atoms with E-state index in [1.807, 2.05) is 12.1 Å². The average molecular weight is 332 g/mol. The minimum atomic E-state index is -0.688. The normalized spacial score (nSPS) is 16.5. The minimum absolute atomic E-state index is 0.0736. The van der Waals surface area contributed by atoms with Crippen LogP contribution in [-0.4, -0.2) is 46.7 Å². The standard InChI is InChI=1S/C17H24N4O3/c1-12(22)20-15(2-3-16(18)23)17(24)21-10-6-14(7-11-21)13-4-8-19-9-5-13/h4-5,8-9,14-15H,2-3,6-7,10-11H2,1H3,(H2,18,23)(H,20,22)/t15-/m0/s1. The van der Waals surface area contributed by atoms with Crippen molar-refractivity contribution in [2.45, 2.75) is 44.6 Å². The second-order valence-electron chi connectivity index (χ2n) is 6.14. The van der Waals surface area contributed by atoms with E-state index >= 15 is 0 Å². The number of amides is 3.